The predicted molar refractivity (Wildman–Crippen MR) is 58.3 cm³/mol. The van der Waals surface area contributed by atoms with Crippen molar-refractivity contribution in [2.75, 3.05) is 62.0 Å². The highest BCUT2D eigenvalue weighted by Crippen LogP contribution is 1.89. The van der Waals surface area contributed by atoms with Gasteiger partial charge in [-0.1, -0.05) is 0 Å². The Bertz CT molecular complexity index is 89.8. The van der Waals surface area contributed by atoms with Crippen LogP contribution in [0.3, 0.4) is 0 Å². The van der Waals surface area contributed by atoms with E-state index in [1.807, 2.05) is 0 Å². The Morgan fingerprint density at radius 3 is 1.27 bits per heavy atom. The molecule has 0 radical (unpaired) electrons. The van der Waals surface area contributed by atoms with Crippen molar-refractivity contribution in [1.29, 1.82) is 0 Å². The zero-order chi connectivity index (χ0) is 11.9. The van der Waals surface area contributed by atoms with Crippen molar-refractivity contribution in [1.82, 2.24) is 0 Å². The second kappa shape index (κ2) is 16.2. The van der Waals surface area contributed by atoms with Crippen LogP contribution < -0.4 is 0 Å². The van der Waals surface area contributed by atoms with Crippen LogP contribution in [0.25, 0.3) is 0 Å². The fourth-order valence-corrected chi connectivity index (χ4v) is 0.723. The molecule has 94 valence electrons. The minimum atomic E-state index is 0.0694. The summed E-state index contributed by atoms with van der Waals surface area (Å²) < 4.78 is 24.0. The van der Waals surface area contributed by atoms with E-state index >= 15 is 0 Å². The quantitative estimate of drug-likeness (QED) is 0.564. The van der Waals surface area contributed by atoms with Gasteiger partial charge in [-0.15, -0.1) is 0 Å². The number of rotatable bonds is 8. The van der Waals surface area contributed by atoms with Crippen LogP contribution in [-0.4, -0.2) is 68.1 Å². The Kier molecular flexibility index (Phi) is 18.6. The molecule has 0 spiro atoms. The van der Waals surface area contributed by atoms with Crippen LogP contribution in [0.1, 0.15) is 0 Å². The van der Waals surface area contributed by atoms with Gasteiger partial charge in [-0.3, -0.25) is 0 Å². The standard InChI is InChI=1S/C6H14O3.C4H10O2/c1-7-4-6(9-3)5-8-2;1-5-3-4-6-2/h6H,4-5H2,1-3H3;3-4H2,1-2H3. The molecule has 0 aromatic heterocycles. The Balaban J connectivity index is 0. The fraction of sp³-hybridized carbons (Fsp3) is 1.00. The summed E-state index contributed by atoms with van der Waals surface area (Å²) in [5.74, 6) is 0. The summed E-state index contributed by atoms with van der Waals surface area (Å²) >= 11 is 0. The van der Waals surface area contributed by atoms with E-state index in [1.165, 1.54) is 0 Å². The van der Waals surface area contributed by atoms with Crippen LogP contribution in [0.2, 0.25) is 0 Å². The second-order valence-corrected chi connectivity index (χ2v) is 2.75. The largest absolute Gasteiger partial charge is 0.382 e. The van der Waals surface area contributed by atoms with Crippen molar-refractivity contribution in [3.8, 4) is 0 Å². The van der Waals surface area contributed by atoms with Crippen molar-refractivity contribution < 1.29 is 23.7 Å². The molecule has 5 heteroatoms. The van der Waals surface area contributed by atoms with Gasteiger partial charge in [0.05, 0.1) is 26.4 Å². The molecular weight excluding hydrogens is 200 g/mol. The summed E-state index contributed by atoms with van der Waals surface area (Å²) in [5.41, 5.74) is 0. The number of hydrogen-bond acceptors (Lipinski definition) is 5. The van der Waals surface area contributed by atoms with Gasteiger partial charge in [0.25, 0.3) is 0 Å². The summed E-state index contributed by atoms with van der Waals surface area (Å²) in [6.07, 6.45) is 0.0694. The van der Waals surface area contributed by atoms with Crippen molar-refractivity contribution in [2.45, 2.75) is 6.10 Å². The fourth-order valence-electron chi connectivity index (χ4n) is 0.723. The molecule has 5 nitrogen and oxygen atoms in total. The molecule has 0 aliphatic rings. The zero-order valence-electron chi connectivity index (χ0n) is 10.4. The average molecular weight is 224 g/mol. The van der Waals surface area contributed by atoms with Gasteiger partial charge in [-0.25, -0.2) is 0 Å². The maximum atomic E-state index is 4.98. The van der Waals surface area contributed by atoms with E-state index in [2.05, 4.69) is 9.47 Å². The maximum Gasteiger partial charge on any atom is 0.104 e. The minimum Gasteiger partial charge on any atom is -0.382 e. The lowest BCUT2D eigenvalue weighted by Crippen LogP contribution is -2.22. The van der Waals surface area contributed by atoms with Gasteiger partial charge in [-0.05, 0) is 0 Å². The molecular formula is C10H24O5. The molecule has 0 aromatic carbocycles. The molecule has 0 unspecified atom stereocenters. The summed E-state index contributed by atoms with van der Waals surface area (Å²) in [5, 5.41) is 0. The van der Waals surface area contributed by atoms with Crippen molar-refractivity contribution in [3.05, 3.63) is 0 Å². The van der Waals surface area contributed by atoms with Crippen molar-refractivity contribution in [2.24, 2.45) is 0 Å². The molecule has 0 saturated carbocycles. The third-order valence-electron chi connectivity index (χ3n) is 1.53. The molecule has 0 fully saturated rings. The molecule has 0 aliphatic carbocycles. The SMILES string of the molecule is COCC(COC)OC.COCCOC. The highest BCUT2D eigenvalue weighted by molar-refractivity contribution is 4.51. The number of methoxy groups -OCH3 is 5. The topological polar surface area (TPSA) is 46.2 Å². The smallest absolute Gasteiger partial charge is 0.104 e. The van der Waals surface area contributed by atoms with Gasteiger partial charge < -0.3 is 23.7 Å². The lowest BCUT2D eigenvalue weighted by atomic mass is 10.4. The average Bonchev–Trinajstić information content (AvgIpc) is 2.27. The van der Waals surface area contributed by atoms with Crippen LogP contribution >= 0.6 is 0 Å². The van der Waals surface area contributed by atoms with E-state index in [0.29, 0.717) is 26.4 Å². The predicted octanol–water partition coefficient (Wildman–Crippen LogP) is 0.573. The van der Waals surface area contributed by atoms with E-state index < -0.39 is 0 Å². The van der Waals surface area contributed by atoms with E-state index in [4.69, 9.17) is 14.2 Å². The molecule has 0 rings (SSSR count). The lowest BCUT2D eigenvalue weighted by molar-refractivity contribution is -0.0178. The van der Waals surface area contributed by atoms with Gasteiger partial charge in [0.1, 0.15) is 6.10 Å². The van der Waals surface area contributed by atoms with Crippen molar-refractivity contribution >= 4 is 0 Å². The van der Waals surface area contributed by atoms with Crippen LogP contribution in [-0.2, 0) is 23.7 Å². The van der Waals surface area contributed by atoms with E-state index in [0.717, 1.165) is 0 Å². The van der Waals surface area contributed by atoms with Gasteiger partial charge >= 0.3 is 0 Å². The Morgan fingerprint density at radius 1 is 0.667 bits per heavy atom. The molecule has 15 heavy (non-hydrogen) atoms. The molecule has 0 bridgehead atoms. The van der Waals surface area contributed by atoms with Crippen LogP contribution in [0, 0.1) is 0 Å². The summed E-state index contributed by atoms with van der Waals surface area (Å²) in [6.45, 7) is 2.56. The van der Waals surface area contributed by atoms with E-state index in [9.17, 15) is 0 Å². The monoisotopic (exact) mass is 224 g/mol. The molecule has 0 aliphatic heterocycles. The molecule has 0 amide bonds. The normalized spacial score (nSPS) is 10.0. The highest BCUT2D eigenvalue weighted by atomic mass is 16.5. The molecule has 0 N–H and O–H groups in total. The molecule has 0 saturated heterocycles. The Labute approximate surface area is 92.6 Å². The summed E-state index contributed by atoms with van der Waals surface area (Å²) in [6, 6.07) is 0. The first-order valence-corrected chi connectivity index (χ1v) is 4.75. The number of hydrogen-bond donors (Lipinski definition) is 0. The van der Waals surface area contributed by atoms with Crippen LogP contribution in [0.15, 0.2) is 0 Å². The molecule has 0 atom stereocenters. The van der Waals surface area contributed by atoms with Gasteiger partial charge in [0.2, 0.25) is 0 Å². The summed E-state index contributed by atoms with van der Waals surface area (Å²) in [7, 11) is 8.23. The van der Waals surface area contributed by atoms with E-state index in [1.54, 1.807) is 35.5 Å². The Hall–Kier alpha value is -0.200. The van der Waals surface area contributed by atoms with Crippen LogP contribution in [0.4, 0.5) is 0 Å². The molecule has 0 aromatic rings. The first kappa shape index (κ1) is 17.2. The van der Waals surface area contributed by atoms with Crippen LogP contribution in [0.5, 0.6) is 0 Å². The number of ether oxygens (including phenoxy) is 5. The van der Waals surface area contributed by atoms with Gasteiger partial charge in [0, 0.05) is 35.5 Å². The third kappa shape index (κ3) is 16.5. The van der Waals surface area contributed by atoms with E-state index in [-0.39, 0.29) is 6.10 Å². The maximum absolute atomic E-state index is 4.98. The van der Waals surface area contributed by atoms with Gasteiger partial charge in [0.15, 0.2) is 0 Å². The zero-order valence-corrected chi connectivity index (χ0v) is 10.4. The van der Waals surface area contributed by atoms with Gasteiger partial charge in [-0.2, -0.15) is 0 Å². The minimum absolute atomic E-state index is 0.0694. The van der Waals surface area contributed by atoms with Crippen molar-refractivity contribution in [3.63, 3.8) is 0 Å². The first-order chi connectivity index (χ1) is 7.26. The second-order valence-electron chi connectivity index (χ2n) is 2.75. The molecule has 0 heterocycles. The summed E-state index contributed by atoms with van der Waals surface area (Å²) in [4.78, 5) is 0. The highest BCUT2D eigenvalue weighted by Gasteiger charge is 2.03. The lowest BCUT2D eigenvalue weighted by Gasteiger charge is -2.11. The Morgan fingerprint density at radius 2 is 1.07 bits per heavy atom. The third-order valence-corrected chi connectivity index (χ3v) is 1.53. The first-order valence-electron chi connectivity index (χ1n) is 4.75.